The number of carbonyl (C=O) groups is 1. The van der Waals surface area contributed by atoms with E-state index in [1.54, 1.807) is 12.1 Å². The number of hydrogen-bond donors (Lipinski definition) is 2. The van der Waals surface area contributed by atoms with Crippen LogP contribution in [0.25, 0.3) is 0 Å². The van der Waals surface area contributed by atoms with Crippen LogP contribution < -0.4 is 10.6 Å². The molecule has 19 heavy (non-hydrogen) atoms. The molecule has 1 aromatic carbocycles. The maximum Gasteiger partial charge on any atom is 0.259 e. The van der Waals surface area contributed by atoms with Gasteiger partial charge in [-0.1, -0.05) is 12.1 Å². The number of aliphatic hydroxyl groups is 1. The maximum atomic E-state index is 12.5. The molecular formula is C13H13IN2O2S. The first-order chi connectivity index (χ1) is 9.13. The molecule has 6 heteroatoms. The van der Waals surface area contributed by atoms with Crippen molar-refractivity contribution in [2.45, 2.75) is 0 Å². The molecule has 100 valence electrons. The lowest BCUT2D eigenvalue weighted by atomic mass is 10.2. The van der Waals surface area contributed by atoms with Crippen molar-refractivity contribution in [1.29, 1.82) is 0 Å². The lowest BCUT2D eigenvalue weighted by molar-refractivity contribution is 0.0981. The first-order valence-electron chi connectivity index (χ1n) is 5.64. The predicted molar refractivity (Wildman–Crippen MR) is 86.7 cm³/mol. The Morgan fingerprint density at radius 3 is 2.74 bits per heavy atom. The van der Waals surface area contributed by atoms with Gasteiger partial charge < -0.3 is 15.7 Å². The number of rotatable bonds is 4. The number of carbonyl (C=O) groups excluding carboxylic acids is 1. The van der Waals surface area contributed by atoms with Crippen LogP contribution in [0.5, 0.6) is 0 Å². The molecule has 1 amide bonds. The second-order valence-corrected chi connectivity index (χ2v) is 6.68. The van der Waals surface area contributed by atoms with Crippen LogP contribution in [-0.2, 0) is 0 Å². The molecule has 1 heterocycles. The van der Waals surface area contributed by atoms with Crippen molar-refractivity contribution in [3.05, 3.63) is 44.2 Å². The summed E-state index contributed by atoms with van der Waals surface area (Å²) in [5.74, 6) is -0.147. The van der Waals surface area contributed by atoms with Crippen LogP contribution in [0.15, 0.2) is 35.7 Å². The van der Waals surface area contributed by atoms with E-state index in [-0.39, 0.29) is 19.1 Å². The summed E-state index contributed by atoms with van der Waals surface area (Å²) >= 11 is 3.69. The lowest BCUT2D eigenvalue weighted by Crippen LogP contribution is -2.33. The minimum Gasteiger partial charge on any atom is -0.397 e. The average molecular weight is 388 g/mol. The van der Waals surface area contributed by atoms with Crippen LogP contribution in [0.3, 0.4) is 0 Å². The number of nitrogens with two attached hydrogens (primary N) is 1. The van der Waals surface area contributed by atoms with Gasteiger partial charge in [0.05, 0.1) is 26.4 Å². The number of nitrogen functional groups attached to an aromatic ring is 1. The number of benzene rings is 1. The Morgan fingerprint density at radius 1 is 1.42 bits per heavy atom. The molecule has 0 unspecified atom stereocenters. The summed E-state index contributed by atoms with van der Waals surface area (Å²) < 4.78 is 1.05. The lowest BCUT2D eigenvalue weighted by Gasteiger charge is -2.22. The number of anilines is 2. The third-order valence-corrected chi connectivity index (χ3v) is 4.40. The molecule has 1 aromatic heterocycles. The van der Waals surface area contributed by atoms with Crippen LogP contribution in [0.2, 0.25) is 0 Å². The van der Waals surface area contributed by atoms with E-state index in [0.717, 1.165) is 2.88 Å². The van der Waals surface area contributed by atoms with Crippen molar-refractivity contribution in [2.75, 3.05) is 23.8 Å². The number of para-hydroxylation sites is 2. The molecule has 0 aliphatic carbocycles. The van der Waals surface area contributed by atoms with Gasteiger partial charge in [0, 0.05) is 11.9 Å². The molecular weight excluding hydrogens is 375 g/mol. The van der Waals surface area contributed by atoms with Gasteiger partial charge in [-0.25, -0.2) is 0 Å². The summed E-state index contributed by atoms with van der Waals surface area (Å²) in [5.41, 5.74) is 7.67. The smallest absolute Gasteiger partial charge is 0.259 e. The first-order valence-corrected chi connectivity index (χ1v) is 7.60. The van der Waals surface area contributed by atoms with E-state index in [9.17, 15) is 4.79 Å². The van der Waals surface area contributed by atoms with Crippen LogP contribution in [0.4, 0.5) is 11.4 Å². The van der Waals surface area contributed by atoms with Gasteiger partial charge in [0.25, 0.3) is 5.91 Å². The van der Waals surface area contributed by atoms with Gasteiger partial charge in [0.15, 0.2) is 0 Å². The Balaban J connectivity index is 2.35. The van der Waals surface area contributed by atoms with Crippen molar-refractivity contribution in [2.24, 2.45) is 0 Å². The highest BCUT2D eigenvalue weighted by molar-refractivity contribution is 14.1. The van der Waals surface area contributed by atoms with Crippen molar-refractivity contribution >= 4 is 51.2 Å². The molecule has 4 nitrogen and oxygen atoms in total. The third kappa shape index (κ3) is 3.26. The topological polar surface area (TPSA) is 66.6 Å². The fraction of sp³-hybridized carbons (Fsp3) is 0.154. The van der Waals surface area contributed by atoms with Crippen molar-refractivity contribution in [3.8, 4) is 0 Å². The number of hydrogen-bond acceptors (Lipinski definition) is 4. The van der Waals surface area contributed by atoms with E-state index in [0.29, 0.717) is 16.9 Å². The summed E-state index contributed by atoms with van der Waals surface area (Å²) in [6, 6.07) is 8.98. The van der Waals surface area contributed by atoms with Gasteiger partial charge in [0.1, 0.15) is 0 Å². The van der Waals surface area contributed by atoms with Gasteiger partial charge in [-0.15, -0.1) is 11.3 Å². The highest BCUT2D eigenvalue weighted by Crippen LogP contribution is 2.25. The highest BCUT2D eigenvalue weighted by atomic mass is 127. The minimum absolute atomic E-state index is 0.110. The van der Waals surface area contributed by atoms with Gasteiger partial charge in [-0.3, -0.25) is 4.79 Å². The largest absolute Gasteiger partial charge is 0.397 e. The quantitative estimate of drug-likeness (QED) is 0.625. The molecule has 0 bridgehead atoms. The minimum atomic E-state index is -0.147. The summed E-state index contributed by atoms with van der Waals surface area (Å²) in [5, 5.41) is 11.0. The molecule has 0 fully saturated rings. The molecule has 0 saturated carbocycles. The maximum absolute atomic E-state index is 12.5. The molecule has 0 atom stereocenters. The highest BCUT2D eigenvalue weighted by Gasteiger charge is 2.19. The Morgan fingerprint density at radius 2 is 2.16 bits per heavy atom. The van der Waals surface area contributed by atoms with Crippen molar-refractivity contribution in [1.82, 2.24) is 0 Å². The second kappa shape index (κ2) is 6.36. The summed E-state index contributed by atoms with van der Waals surface area (Å²) in [7, 11) is 0. The molecule has 0 spiro atoms. The first kappa shape index (κ1) is 14.3. The Kier molecular flexibility index (Phi) is 4.78. The van der Waals surface area contributed by atoms with E-state index in [4.69, 9.17) is 10.8 Å². The third-order valence-electron chi connectivity index (χ3n) is 2.61. The number of aliphatic hydroxyl groups excluding tert-OH is 1. The second-order valence-electron chi connectivity index (χ2n) is 3.88. The number of thiophene rings is 1. The standard InChI is InChI=1S/C13H13IN2O2S/c14-12-7-9(8-19-12)13(18)16(5-6-17)11-4-2-1-3-10(11)15/h1-4,7-8,17H,5-6,15H2. The summed E-state index contributed by atoms with van der Waals surface area (Å²) in [6.07, 6.45) is 0. The SMILES string of the molecule is Nc1ccccc1N(CCO)C(=O)c1csc(I)c1. The fourth-order valence-electron chi connectivity index (χ4n) is 1.74. The van der Waals surface area contributed by atoms with Gasteiger partial charge in [-0.05, 0) is 40.8 Å². The summed E-state index contributed by atoms with van der Waals surface area (Å²) in [6.45, 7) is 0.112. The molecule has 0 saturated heterocycles. The van der Waals surface area contributed by atoms with Gasteiger partial charge in [0.2, 0.25) is 0 Å². The van der Waals surface area contributed by atoms with Crippen LogP contribution in [0, 0.1) is 2.88 Å². The molecule has 0 aliphatic heterocycles. The Hall–Kier alpha value is -1.12. The van der Waals surface area contributed by atoms with Crippen LogP contribution >= 0.6 is 33.9 Å². The predicted octanol–water partition coefficient (Wildman–Crippen LogP) is 2.57. The van der Waals surface area contributed by atoms with Crippen molar-refractivity contribution < 1.29 is 9.90 Å². The fourth-order valence-corrected chi connectivity index (χ4v) is 3.06. The van der Waals surface area contributed by atoms with E-state index in [1.165, 1.54) is 16.2 Å². The van der Waals surface area contributed by atoms with E-state index < -0.39 is 0 Å². The molecule has 2 aromatic rings. The molecule has 0 aliphatic rings. The number of nitrogens with zero attached hydrogens (tertiary/aromatic N) is 1. The van der Waals surface area contributed by atoms with E-state index in [2.05, 4.69) is 22.6 Å². The van der Waals surface area contributed by atoms with Crippen LogP contribution in [-0.4, -0.2) is 24.2 Å². The average Bonchev–Trinajstić information content (AvgIpc) is 2.83. The zero-order valence-corrected chi connectivity index (χ0v) is 13.0. The normalized spacial score (nSPS) is 10.4. The van der Waals surface area contributed by atoms with Gasteiger partial charge in [-0.2, -0.15) is 0 Å². The Labute approximate surface area is 129 Å². The zero-order valence-electron chi connectivity index (χ0n) is 10.0. The Bertz CT molecular complexity index is 586. The van der Waals surface area contributed by atoms with Crippen LogP contribution in [0.1, 0.15) is 10.4 Å². The molecule has 3 N–H and O–H groups in total. The monoisotopic (exact) mass is 388 g/mol. The number of halogens is 1. The van der Waals surface area contributed by atoms with Crippen molar-refractivity contribution in [3.63, 3.8) is 0 Å². The summed E-state index contributed by atoms with van der Waals surface area (Å²) in [4.78, 5) is 14.0. The van der Waals surface area contributed by atoms with E-state index in [1.807, 2.05) is 23.6 Å². The van der Waals surface area contributed by atoms with Gasteiger partial charge >= 0.3 is 0 Å². The number of amides is 1. The molecule has 0 radical (unpaired) electrons. The van der Waals surface area contributed by atoms with E-state index >= 15 is 0 Å². The zero-order chi connectivity index (χ0) is 13.8. The molecule has 2 rings (SSSR count).